The maximum Gasteiger partial charge on any atom is 0.315 e. The Balaban J connectivity index is 1.48. The second-order valence-corrected chi connectivity index (χ2v) is 5.83. The summed E-state index contributed by atoms with van der Waals surface area (Å²) in [5.74, 6) is 0. The van der Waals surface area contributed by atoms with Gasteiger partial charge in [0.15, 0.2) is 0 Å². The lowest BCUT2D eigenvalue weighted by molar-refractivity contribution is 0.240. The Morgan fingerprint density at radius 2 is 1.84 bits per heavy atom. The zero-order valence-corrected chi connectivity index (χ0v) is 14.1. The van der Waals surface area contributed by atoms with Crippen molar-refractivity contribution in [1.29, 1.82) is 0 Å². The maximum absolute atomic E-state index is 12.0. The number of rotatable bonds is 6. The van der Waals surface area contributed by atoms with Crippen LogP contribution in [-0.4, -0.2) is 20.8 Å². The fraction of sp³-hybridized carbons (Fsp3) is 0.211. The van der Waals surface area contributed by atoms with Gasteiger partial charge in [0, 0.05) is 24.6 Å². The Morgan fingerprint density at radius 1 is 1.04 bits per heavy atom. The predicted octanol–water partition coefficient (Wildman–Crippen LogP) is 2.63. The highest BCUT2D eigenvalue weighted by Gasteiger charge is 2.03. The molecule has 3 rings (SSSR count). The molecule has 6 heteroatoms. The summed E-state index contributed by atoms with van der Waals surface area (Å²) in [5, 5.41) is 9.90. The summed E-state index contributed by atoms with van der Waals surface area (Å²) in [6, 6.07) is 15.6. The van der Waals surface area contributed by atoms with Gasteiger partial charge >= 0.3 is 6.03 Å². The highest BCUT2D eigenvalue weighted by Crippen LogP contribution is 2.07. The minimum Gasteiger partial charge on any atom is -0.334 e. The molecular formula is C19H21N5O. The molecule has 0 saturated carbocycles. The molecule has 25 heavy (non-hydrogen) atoms. The third kappa shape index (κ3) is 5.17. The van der Waals surface area contributed by atoms with Crippen LogP contribution in [0.3, 0.4) is 0 Å². The molecule has 3 aromatic rings. The minimum atomic E-state index is -0.208. The van der Waals surface area contributed by atoms with Gasteiger partial charge < -0.3 is 10.6 Å². The van der Waals surface area contributed by atoms with Gasteiger partial charge in [-0.1, -0.05) is 30.3 Å². The molecular weight excluding hydrogens is 314 g/mol. The molecule has 1 aromatic carbocycles. The van der Waals surface area contributed by atoms with E-state index in [1.54, 1.807) is 6.20 Å². The van der Waals surface area contributed by atoms with Gasteiger partial charge in [0.2, 0.25) is 0 Å². The van der Waals surface area contributed by atoms with Gasteiger partial charge in [-0.25, -0.2) is 4.79 Å². The summed E-state index contributed by atoms with van der Waals surface area (Å²) in [6.45, 7) is 3.53. The van der Waals surface area contributed by atoms with Crippen molar-refractivity contribution in [1.82, 2.24) is 25.4 Å². The molecule has 0 spiro atoms. The number of aryl methyl sites for hydroxylation is 1. The maximum atomic E-state index is 12.0. The van der Waals surface area contributed by atoms with Crippen molar-refractivity contribution in [3.05, 3.63) is 83.4 Å². The van der Waals surface area contributed by atoms with E-state index in [2.05, 4.69) is 32.8 Å². The number of urea groups is 1. The molecule has 0 aliphatic rings. The quantitative estimate of drug-likeness (QED) is 0.727. The van der Waals surface area contributed by atoms with E-state index in [0.717, 1.165) is 22.5 Å². The number of carbonyl (C=O) groups is 1. The molecule has 6 nitrogen and oxygen atoms in total. The molecule has 2 N–H and O–H groups in total. The predicted molar refractivity (Wildman–Crippen MR) is 95.8 cm³/mol. The second kappa shape index (κ2) is 8.10. The lowest BCUT2D eigenvalue weighted by atomic mass is 10.1. The number of hydrogen-bond donors (Lipinski definition) is 2. The molecule has 0 unspecified atom stereocenters. The number of hydrogen-bond acceptors (Lipinski definition) is 3. The molecule has 0 saturated heterocycles. The number of aromatic nitrogens is 3. The third-order valence-electron chi connectivity index (χ3n) is 3.72. The molecule has 0 bridgehead atoms. The topological polar surface area (TPSA) is 71.8 Å². The van der Waals surface area contributed by atoms with E-state index in [4.69, 9.17) is 0 Å². The fourth-order valence-electron chi connectivity index (χ4n) is 2.53. The first kappa shape index (κ1) is 16.7. The van der Waals surface area contributed by atoms with Crippen molar-refractivity contribution in [2.24, 2.45) is 0 Å². The number of pyridine rings is 1. The van der Waals surface area contributed by atoms with Crippen molar-refractivity contribution in [2.45, 2.75) is 26.6 Å². The zero-order valence-electron chi connectivity index (χ0n) is 14.1. The van der Waals surface area contributed by atoms with Gasteiger partial charge in [-0.05, 0) is 36.2 Å². The molecule has 2 heterocycles. The van der Waals surface area contributed by atoms with Crippen LogP contribution in [0.15, 0.2) is 60.9 Å². The van der Waals surface area contributed by atoms with Gasteiger partial charge in [0.05, 0.1) is 18.8 Å². The fourth-order valence-corrected chi connectivity index (χ4v) is 2.53. The number of amides is 2. The van der Waals surface area contributed by atoms with Crippen molar-refractivity contribution in [2.75, 3.05) is 0 Å². The first-order valence-electron chi connectivity index (χ1n) is 8.18. The van der Waals surface area contributed by atoms with Gasteiger partial charge in [0.1, 0.15) is 0 Å². The smallest absolute Gasteiger partial charge is 0.315 e. The summed E-state index contributed by atoms with van der Waals surface area (Å²) in [5.41, 5.74) is 3.98. The second-order valence-electron chi connectivity index (χ2n) is 5.83. The van der Waals surface area contributed by atoms with Crippen LogP contribution in [-0.2, 0) is 19.6 Å². The molecule has 2 aromatic heterocycles. The standard InChI is InChI=1S/C19H21N5O/c1-15-5-2-8-18(23-15)13-21-19(25)20-12-16-6-3-7-17(11-16)14-24-10-4-9-22-24/h2-11H,12-14H2,1H3,(H2,20,21,25). The van der Waals surface area contributed by atoms with Crippen molar-refractivity contribution in [3.8, 4) is 0 Å². The average molecular weight is 335 g/mol. The molecule has 0 aliphatic carbocycles. The molecule has 0 aliphatic heterocycles. The van der Waals surface area contributed by atoms with E-state index in [1.807, 2.05) is 54.2 Å². The van der Waals surface area contributed by atoms with E-state index in [0.29, 0.717) is 19.6 Å². The molecule has 0 radical (unpaired) electrons. The van der Waals surface area contributed by atoms with Crippen LogP contribution in [0.1, 0.15) is 22.5 Å². The number of carbonyl (C=O) groups excluding carboxylic acids is 1. The van der Waals surface area contributed by atoms with Gasteiger partial charge in [-0.2, -0.15) is 5.10 Å². The minimum absolute atomic E-state index is 0.208. The summed E-state index contributed by atoms with van der Waals surface area (Å²) in [7, 11) is 0. The van der Waals surface area contributed by atoms with Crippen LogP contribution < -0.4 is 10.6 Å². The Morgan fingerprint density at radius 3 is 2.64 bits per heavy atom. The largest absolute Gasteiger partial charge is 0.334 e. The van der Waals surface area contributed by atoms with Crippen LogP contribution in [0, 0.1) is 6.92 Å². The Bertz CT molecular complexity index is 829. The summed E-state index contributed by atoms with van der Waals surface area (Å²) < 4.78 is 1.87. The van der Waals surface area contributed by atoms with Crippen LogP contribution in [0.5, 0.6) is 0 Å². The van der Waals surface area contributed by atoms with Crippen LogP contribution >= 0.6 is 0 Å². The van der Waals surface area contributed by atoms with Gasteiger partial charge in [-0.15, -0.1) is 0 Å². The summed E-state index contributed by atoms with van der Waals surface area (Å²) in [6.07, 6.45) is 3.69. The summed E-state index contributed by atoms with van der Waals surface area (Å²) >= 11 is 0. The van der Waals surface area contributed by atoms with E-state index in [1.165, 1.54) is 0 Å². The SMILES string of the molecule is Cc1cccc(CNC(=O)NCc2cccc(Cn3cccn3)c2)n1. The lowest BCUT2D eigenvalue weighted by Gasteiger charge is -2.09. The highest BCUT2D eigenvalue weighted by molar-refractivity contribution is 5.73. The summed E-state index contributed by atoms with van der Waals surface area (Å²) in [4.78, 5) is 16.3. The van der Waals surface area contributed by atoms with E-state index < -0.39 is 0 Å². The third-order valence-corrected chi connectivity index (χ3v) is 3.72. The lowest BCUT2D eigenvalue weighted by Crippen LogP contribution is -2.34. The zero-order chi connectivity index (χ0) is 17.5. The normalized spacial score (nSPS) is 10.4. The molecule has 0 fully saturated rings. The highest BCUT2D eigenvalue weighted by atomic mass is 16.2. The van der Waals surface area contributed by atoms with Crippen LogP contribution in [0.25, 0.3) is 0 Å². The first-order valence-corrected chi connectivity index (χ1v) is 8.18. The number of nitrogens with zero attached hydrogens (tertiary/aromatic N) is 3. The molecule has 2 amide bonds. The van der Waals surface area contributed by atoms with E-state index >= 15 is 0 Å². The van der Waals surface area contributed by atoms with Crippen LogP contribution in [0.4, 0.5) is 4.79 Å². The average Bonchev–Trinajstić information content (AvgIpc) is 3.11. The van der Waals surface area contributed by atoms with Gasteiger partial charge in [-0.3, -0.25) is 9.67 Å². The monoisotopic (exact) mass is 335 g/mol. The Kier molecular flexibility index (Phi) is 5.41. The molecule has 128 valence electrons. The Hall–Kier alpha value is -3.15. The first-order chi connectivity index (χ1) is 12.2. The van der Waals surface area contributed by atoms with Crippen molar-refractivity contribution >= 4 is 6.03 Å². The van der Waals surface area contributed by atoms with Crippen molar-refractivity contribution in [3.63, 3.8) is 0 Å². The number of benzene rings is 1. The van der Waals surface area contributed by atoms with E-state index in [-0.39, 0.29) is 6.03 Å². The van der Waals surface area contributed by atoms with E-state index in [9.17, 15) is 4.79 Å². The Labute approximate surface area is 146 Å². The van der Waals surface area contributed by atoms with Crippen LogP contribution in [0.2, 0.25) is 0 Å². The number of nitrogens with one attached hydrogen (secondary N) is 2. The molecule has 0 atom stereocenters. The van der Waals surface area contributed by atoms with Gasteiger partial charge in [0.25, 0.3) is 0 Å². The van der Waals surface area contributed by atoms with Crippen molar-refractivity contribution < 1.29 is 4.79 Å².